The summed E-state index contributed by atoms with van der Waals surface area (Å²) >= 11 is 5.62. The first-order valence-corrected chi connectivity index (χ1v) is 6.44. The van der Waals surface area contributed by atoms with Crippen LogP contribution in [0.5, 0.6) is 0 Å². The van der Waals surface area contributed by atoms with Gasteiger partial charge in [-0.15, -0.1) is 0 Å². The number of aryl methyl sites for hydroxylation is 1. The molecule has 1 rings (SSSR count). The van der Waals surface area contributed by atoms with Crippen molar-refractivity contribution in [2.45, 2.75) is 18.0 Å². The standard InChI is InChI=1S/C9H9ClF3NO3S/c1-6-2-3-7(10)4-8(6)18(15,16)14-17-5-9(11,12)13/h2-4,14H,5H2,1H3. The van der Waals surface area contributed by atoms with Crippen LogP contribution in [0, 0.1) is 6.92 Å². The van der Waals surface area contributed by atoms with Gasteiger partial charge in [-0.3, -0.25) is 4.84 Å². The van der Waals surface area contributed by atoms with Crippen molar-refractivity contribution in [3.8, 4) is 0 Å². The van der Waals surface area contributed by atoms with Gasteiger partial charge in [0.15, 0.2) is 6.61 Å². The fourth-order valence-electron chi connectivity index (χ4n) is 1.10. The first-order valence-electron chi connectivity index (χ1n) is 4.58. The third kappa shape index (κ3) is 4.45. The highest BCUT2D eigenvalue weighted by molar-refractivity contribution is 7.89. The molecule has 0 aliphatic rings. The summed E-state index contributed by atoms with van der Waals surface area (Å²) in [6.45, 7) is -0.236. The number of nitrogens with one attached hydrogen (secondary N) is 1. The molecule has 0 saturated carbocycles. The summed E-state index contributed by atoms with van der Waals surface area (Å²) in [6, 6.07) is 4.02. The Hall–Kier alpha value is -0.830. The largest absolute Gasteiger partial charge is 0.413 e. The zero-order chi connectivity index (χ0) is 14.0. The van der Waals surface area contributed by atoms with Crippen LogP contribution in [0.4, 0.5) is 13.2 Å². The Kier molecular flexibility index (Phi) is 4.60. The molecule has 0 bridgehead atoms. The van der Waals surface area contributed by atoms with Gasteiger partial charge in [0.1, 0.15) is 0 Å². The van der Waals surface area contributed by atoms with Crippen molar-refractivity contribution >= 4 is 21.6 Å². The molecule has 18 heavy (non-hydrogen) atoms. The second-order valence-electron chi connectivity index (χ2n) is 3.40. The molecule has 0 amide bonds. The zero-order valence-corrected chi connectivity index (χ0v) is 10.7. The summed E-state index contributed by atoms with van der Waals surface area (Å²) in [6.07, 6.45) is -4.62. The van der Waals surface area contributed by atoms with Crippen LogP contribution in [0.15, 0.2) is 23.1 Å². The lowest BCUT2D eigenvalue weighted by atomic mass is 10.2. The number of alkyl halides is 3. The molecule has 0 radical (unpaired) electrons. The normalized spacial score (nSPS) is 12.7. The van der Waals surface area contributed by atoms with Crippen LogP contribution < -0.4 is 4.89 Å². The average molecular weight is 304 g/mol. The molecule has 1 aromatic carbocycles. The Bertz CT molecular complexity index is 530. The van der Waals surface area contributed by atoms with E-state index in [0.717, 1.165) is 6.07 Å². The van der Waals surface area contributed by atoms with Gasteiger partial charge in [0, 0.05) is 5.02 Å². The van der Waals surface area contributed by atoms with Gasteiger partial charge in [-0.05, 0) is 24.6 Å². The van der Waals surface area contributed by atoms with E-state index in [1.54, 1.807) is 0 Å². The molecule has 0 saturated heterocycles. The fraction of sp³-hybridized carbons (Fsp3) is 0.333. The molecule has 9 heteroatoms. The quantitative estimate of drug-likeness (QED) is 0.869. The van der Waals surface area contributed by atoms with E-state index in [4.69, 9.17) is 11.6 Å². The number of sulfonamides is 1. The lowest BCUT2D eigenvalue weighted by Gasteiger charge is -2.11. The topological polar surface area (TPSA) is 55.4 Å². The second kappa shape index (κ2) is 5.43. The minimum Gasteiger partial charge on any atom is -0.277 e. The first-order chi connectivity index (χ1) is 8.12. The molecule has 0 heterocycles. The second-order valence-corrected chi connectivity index (χ2v) is 5.45. The third-order valence-electron chi connectivity index (χ3n) is 1.84. The molecule has 1 aromatic rings. The van der Waals surface area contributed by atoms with Gasteiger partial charge in [-0.1, -0.05) is 22.6 Å². The zero-order valence-electron chi connectivity index (χ0n) is 9.08. The van der Waals surface area contributed by atoms with Gasteiger partial charge >= 0.3 is 6.18 Å². The van der Waals surface area contributed by atoms with Crippen molar-refractivity contribution in [2.24, 2.45) is 0 Å². The minimum atomic E-state index is -4.62. The van der Waals surface area contributed by atoms with Gasteiger partial charge in [0.05, 0.1) is 4.90 Å². The summed E-state index contributed by atoms with van der Waals surface area (Å²) in [5, 5.41) is 0.150. The van der Waals surface area contributed by atoms with E-state index in [2.05, 4.69) is 4.84 Å². The molecule has 1 N–H and O–H groups in total. The van der Waals surface area contributed by atoms with Gasteiger partial charge in [0.2, 0.25) is 0 Å². The van der Waals surface area contributed by atoms with Crippen molar-refractivity contribution in [3.63, 3.8) is 0 Å². The van der Waals surface area contributed by atoms with E-state index in [-0.39, 0.29) is 9.92 Å². The summed E-state index contributed by atoms with van der Waals surface area (Å²) in [4.78, 5) is 5.06. The molecule has 4 nitrogen and oxygen atoms in total. The minimum absolute atomic E-state index is 0.150. The highest BCUT2D eigenvalue weighted by Gasteiger charge is 2.29. The summed E-state index contributed by atoms with van der Waals surface area (Å²) in [5.41, 5.74) is 0.336. The molecular weight excluding hydrogens is 295 g/mol. The van der Waals surface area contributed by atoms with Crippen LogP contribution in [0.25, 0.3) is 0 Å². The summed E-state index contributed by atoms with van der Waals surface area (Å²) < 4.78 is 58.6. The van der Waals surface area contributed by atoms with E-state index in [1.807, 2.05) is 0 Å². The molecular formula is C9H9ClF3NO3S. The monoisotopic (exact) mass is 303 g/mol. The first kappa shape index (κ1) is 15.2. The predicted octanol–water partition coefficient (Wildman–Crippen LogP) is 2.42. The molecule has 0 aliphatic carbocycles. The Morgan fingerprint density at radius 3 is 2.56 bits per heavy atom. The molecule has 0 aliphatic heterocycles. The Labute approximate surface area is 107 Å². The molecule has 0 aromatic heterocycles. The third-order valence-corrected chi connectivity index (χ3v) is 3.44. The maximum absolute atomic E-state index is 11.8. The summed E-state index contributed by atoms with van der Waals surface area (Å²) in [5.74, 6) is 0. The molecule has 0 atom stereocenters. The Balaban J connectivity index is 2.84. The number of hydrogen-bond donors (Lipinski definition) is 1. The maximum Gasteiger partial charge on any atom is 0.413 e. The highest BCUT2D eigenvalue weighted by atomic mass is 35.5. The number of rotatable bonds is 4. The van der Waals surface area contributed by atoms with E-state index < -0.39 is 22.8 Å². The lowest BCUT2D eigenvalue weighted by molar-refractivity contribution is -0.181. The van der Waals surface area contributed by atoms with E-state index in [9.17, 15) is 21.6 Å². The van der Waals surface area contributed by atoms with Gasteiger partial charge < -0.3 is 0 Å². The smallest absolute Gasteiger partial charge is 0.277 e. The van der Waals surface area contributed by atoms with Crippen molar-refractivity contribution < 1.29 is 26.4 Å². The number of hydrogen-bond acceptors (Lipinski definition) is 3. The van der Waals surface area contributed by atoms with E-state index in [0.29, 0.717) is 5.56 Å². The molecule has 102 valence electrons. The van der Waals surface area contributed by atoms with E-state index in [1.165, 1.54) is 23.9 Å². The van der Waals surface area contributed by atoms with Gasteiger partial charge in [-0.2, -0.15) is 13.2 Å². The fourth-order valence-corrected chi connectivity index (χ4v) is 2.41. The molecule has 0 spiro atoms. The van der Waals surface area contributed by atoms with Crippen molar-refractivity contribution in [1.29, 1.82) is 0 Å². The van der Waals surface area contributed by atoms with Crippen molar-refractivity contribution in [1.82, 2.24) is 4.89 Å². The van der Waals surface area contributed by atoms with Crippen LogP contribution in [0.1, 0.15) is 5.56 Å². The summed E-state index contributed by atoms with van der Waals surface area (Å²) in [7, 11) is -4.19. The number of halogens is 4. The van der Waals surface area contributed by atoms with Crippen molar-refractivity contribution in [2.75, 3.05) is 6.61 Å². The maximum atomic E-state index is 11.8. The van der Waals surface area contributed by atoms with Crippen molar-refractivity contribution in [3.05, 3.63) is 28.8 Å². The SMILES string of the molecule is Cc1ccc(Cl)cc1S(=O)(=O)NOCC(F)(F)F. The molecule has 0 fully saturated rings. The predicted molar refractivity (Wildman–Crippen MR) is 58.5 cm³/mol. The average Bonchev–Trinajstić information content (AvgIpc) is 2.19. The van der Waals surface area contributed by atoms with Crippen LogP contribution in [-0.4, -0.2) is 21.2 Å². The van der Waals surface area contributed by atoms with Gasteiger partial charge in [0.25, 0.3) is 10.0 Å². The van der Waals surface area contributed by atoms with Crippen LogP contribution >= 0.6 is 11.6 Å². The Morgan fingerprint density at radius 1 is 1.39 bits per heavy atom. The van der Waals surface area contributed by atoms with Gasteiger partial charge in [-0.25, -0.2) is 8.42 Å². The lowest BCUT2D eigenvalue weighted by Crippen LogP contribution is -2.30. The number of benzene rings is 1. The van der Waals surface area contributed by atoms with E-state index >= 15 is 0 Å². The van der Waals surface area contributed by atoms with Crippen LogP contribution in [0.3, 0.4) is 0 Å². The van der Waals surface area contributed by atoms with Crippen LogP contribution in [-0.2, 0) is 14.9 Å². The Morgan fingerprint density at radius 2 is 2.00 bits per heavy atom. The van der Waals surface area contributed by atoms with Crippen LogP contribution in [0.2, 0.25) is 5.02 Å². The highest BCUT2D eigenvalue weighted by Crippen LogP contribution is 2.20. The molecule has 0 unspecified atom stereocenters.